The molecule has 1 saturated heterocycles. The van der Waals surface area contributed by atoms with Crippen LogP contribution >= 0.6 is 0 Å². The highest BCUT2D eigenvalue weighted by Crippen LogP contribution is 2.25. The zero-order valence-corrected chi connectivity index (χ0v) is 13.8. The van der Waals surface area contributed by atoms with Gasteiger partial charge in [0, 0.05) is 12.6 Å². The van der Waals surface area contributed by atoms with Gasteiger partial charge in [-0.3, -0.25) is 0 Å². The molecule has 118 valence electrons. The smallest absolute Gasteiger partial charge is 0.137 e. The molecule has 2 atom stereocenters. The number of benzene rings is 1. The van der Waals surface area contributed by atoms with Crippen molar-refractivity contribution in [3.8, 4) is 5.75 Å². The summed E-state index contributed by atoms with van der Waals surface area (Å²) in [5, 5.41) is 3.57. The molecule has 1 aliphatic rings. The molecule has 1 fully saturated rings. The molecule has 3 nitrogen and oxygen atoms in total. The second kappa shape index (κ2) is 7.28. The molecule has 0 aliphatic carbocycles. The van der Waals surface area contributed by atoms with E-state index >= 15 is 0 Å². The minimum Gasteiger partial charge on any atom is -0.486 e. The second-order valence-electron chi connectivity index (χ2n) is 6.85. The topological polar surface area (TPSA) is 30.5 Å². The Hall–Kier alpha value is -1.06. The van der Waals surface area contributed by atoms with Crippen LogP contribution in [0, 0.1) is 0 Å². The molecular weight excluding hydrogens is 262 g/mol. The van der Waals surface area contributed by atoms with Crippen LogP contribution < -0.4 is 10.1 Å². The van der Waals surface area contributed by atoms with Crippen LogP contribution in [0.2, 0.25) is 0 Å². The van der Waals surface area contributed by atoms with Crippen LogP contribution in [0.1, 0.15) is 46.1 Å². The van der Waals surface area contributed by atoms with Crippen LogP contribution in [0.5, 0.6) is 5.75 Å². The van der Waals surface area contributed by atoms with Crippen molar-refractivity contribution in [2.75, 3.05) is 19.8 Å². The van der Waals surface area contributed by atoms with Gasteiger partial charge in [-0.25, -0.2) is 0 Å². The predicted molar refractivity (Wildman–Crippen MR) is 87.1 cm³/mol. The fourth-order valence-electron chi connectivity index (χ4n) is 2.60. The van der Waals surface area contributed by atoms with Gasteiger partial charge in [0.2, 0.25) is 0 Å². The lowest BCUT2D eigenvalue weighted by molar-refractivity contribution is -0.0146. The van der Waals surface area contributed by atoms with Crippen molar-refractivity contribution in [3.05, 3.63) is 29.8 Å². The summed E-state index contributed by atoms with van der Waals surface area (Å²) in [6.45, 7) is 11.4. The maximum absolute atomic E-state index is 6.15. The van der Waals surface area contributed by atoms with Crippen LogP contribution in [-0.2, 0) is 10.2 Å². The molecule has 2 unspecified atom stereocenters. The lowest BCUT2D eigenvalue weighted by Gasteiger charge is -2.32. The summed E-state index contributed by atoms with van der Waals surface area (Å²) in [5.74, 6) is 0.932. The Morgan fingerprint density at radius 1 is 1.24 bits per heavy atom. The van der Waals surface area contributed by atoms with Crippen LogP contribution in [0.25, 0.3) is 0 Å². The van der Waals surface area contributed by atoms with E-state index in [1.54, 1.807) is 0 Å². The first-order valence-corrected chi connectivity index (χ1v) is 8.09. The quantitative estimate of drug-likeness (QED) is 0.900. The van der Waals surface area contributed by atoms with E-state index in [0.717, 1.165) is 31.7 Å². The molecule has 3 heteroatoms. The first-order chi connectivity index (χ1) is 10.0. The summed E-state index contributed by atoms with van der Waals surface area (Å²) in [6, 6.07) is 8.86. The molecule has 0 spiro atoms. The monoisotopic (exact) mass is 291 g/mol. The van der Waals surface area contributed by atoms with Crippen molar-refractivity contribution >= 4 is 0 Å². The Balaban J connectivity index is 1.98. The summed E-state index contributed by atoms with van der Waals surface area (Å²) < 4.78 is 11.7. The Morgan fingerprint density at radius 2 is 1.95 bits per heavy atom. The molecule has 0 bridgehead atoms. The van der Waals surface area contributed by atoms with E-state index in [9.17, 15) is 0 Å². The third-order valence-corrected chi connectivity index (χ3v) is 3.97. The highest BCUT2D eigenvalue weighted by Gasteiger charge is 2.27. The first kappa shape index (κ1) is 16.3. The first-order valence-electron chi connectivity index (χ1n) is 8.09. The lowest BCUT2D eigenvalue weighted by Crippen LogP contribution is -2.49. The second-order valence-corrected chi connectivity index (χ2v) is 6.85. The standard InChI is InChI=1S/C18H29NO2/c1-5-11-19-16-10-12-20-13-17(16)21-15-8-6-14(7-9-15)18(2,3)4/h6-9,16-17,19H,5,10-13H2,1-4H3. The molecule has 21 heavy (non-hydrogen) atoms. The van der Waals surface area contributed by atoms with Crippen molar-refractivity contribution in [1.29, 1.82) is 0 Å². The highest BCUT2D eigenvalue weighted by molar-refractivity contribution is 5.31. The van der Waals surface area contributed by atoms with Crippen LogP contribution in [0.15, 0.2) is 24.3 Å². The average Bonchev–Trinajstić information content (AvgIpc) is 2.46. The molecule has 1 heterocycles. The van der Waals surface area contributed by atoms with Crippen molar-refractivity contribution in [2.24, 2.45) is 0 Å². The van der Waals surface area contributed by atoms with Crippen LogP contribution in [0.4, 0.5) is 0 Å². The zero-order valence-electron chi connectivity index (χ0n) is 13.8. The SMILES string of the molecule is CCCNC1CCOCC1Oc1ccc(C(C)(C)C)cc1. The van der Waals surface area contributed by atoms with Gasteiger partial charge in [-0.2, -0.15) is 0 Å². The molecule has 1 aromatic rings. The van der Waals surface area contributed by atoms with E-state index in [4.69, 9.17) is 9.47 Å². The molecule has 0 saturated carbocycles. The number of nitrogens with one attached hydrogen (secondary N) is 1. The van der Waals surface area contributed by atoms with Gasteiger partial charge in [0.25, 0.3) is 0 Å². The van der Waals surface area contributed by atoms with Crippen LogP contribution in [0.3, 0.4) is 0 Å². The lowest BCUT2D eigenvalue weighted by atomic mass is 9.87. The fraction of sp³-hybridized carbons (Fsp3) is 0.667. The van der Waals surface area contributed by atoms with Gasteiger partial charge < -0.3 is 14.8 Å². The van der Waals surface area contributed by atoms with E-state index in [0.29, 0.717) is 12.6 Å². The maximum Gasteiger partial charge on any atom is 0.137 e. The summed E-state index contributed by atoms with van der Waals surface area (Å²) in [5.41, 5.74) is 1.51. The average molecular weight is 291 g/mol. The molecule has 0 amide bonds. The fourth-order valence-corrected chi connectivity index (χ4v) is 2.60. The van der Waals surface area contributed by atoms with Gasteiger partial charge in [-0.05, 0) is 42.5 Å². The Labute approximate surface area is 129 Å². The summed E-state index contributed by atoms with van der Waals surface area (Å²) in [7, 11) is 0. The number of ether oxygens (including phenoxy) is 2. The number of hydrogen-bond acceptors (Lipinski definition) is 3. The summed E-state index contributed by atoms with van der Waals surface area (Å²) in [6.07, 6.45) is 2.26. The Kier molecular flexibility index (Phi) is 5.65. The minimum absolute atomic E-state index is 0.103. The van der Waals surface area contributed by atoms with E-state index in [1.807, 2.05) is 0 Å². The molecular formula is C18H29NO2. The van der Waals surface area contributed by atoms with Gasteiger partial charge in [0.05, 0.1) is 6.61 Å². The number of hydrogen-bond donors (Lipinski definition) is 1. The Bertz CT molecular complexity index is 422. The van der Waals surface area contributed by atoms with Gasteiger partial charge in [-0.1, -0.05) is 39.8 Å². The van der Waals surface area contributed by atoms with Crippen LogP contribution in [-0.4, -0.2) is 31.9 Å². The number of rotatable bonds is 5. The molecule has 0 radical (unpaired) electrons. The Morgan fingerprint density at radius 3 is 2.57 bits per heavy atom. The summed E-state index contributed by atoms with van der Waals surface area (Å²) >= 11 is 0. The van der Waals surface area contributed by atoms with Gasteiger partial charge in [-0.15, -0.1) is 0 Å². The van der Waals surface area contributed by atoms with Gasteiger partial charge >= 0.3 is 0 Å². The predicted octanol–water partition coefficient (Wildman–Crippen LogP) is 3.52. The molecule has 1 aromatic carbocycles. The van der Waals surface area contributed by atoms with E-state index in [1.165, 1.54) is 5.56 Å². The molecule has 1 aliphatic heterocycles. The summed E-state index contributed by atoms with van der Waals surface area (Å²) in [4.78, 5) is 0. The van der Waals surface area contributed by atoms with Crippen molar-refractivity contribution in [1.82, 2.24) is 5.32 Å². The highest BCUT2D eigenvalue weighted by atomic mass is 16.5. The zero-order chi connectivity index (χ0) is 15.3. The third kappa shape index (κ3) is 4.72. The van der Waals surface area contributed by atoms with Crippen molar-refractivity contribution in [3.63, 3.8) is 0 Å². The molecule has 2 rings (SSSR count). The van der Waals surface area contributed by atoms with Gasteiger partial charge in [0.1, 0.15) is 11.9 Å². The molecule has 1 N–H and O–H groups in total. The van der Waals surface area contributed by atoms with E-state index in [-0.39, 0.29) is 11.5 Å². The maximum atomic E-state index is 6.15. The molecule has 0 aromatic heterocycles. The van der Waals surface area contributed by atoms with E-state index < -0.39 is 0 Å². The van der Waals surface area contributed by atoms with E-state index in [2.05, 4.69) is 57.3 Å². The normalized spacial score (nSPS) is 23.0. The minimum atomic E-state index is 0.103. The largest absolute Gasteiger partial charge is 0.486 e. The van der Waals surface area contributed by atoms with Gasteiger partial charge in [0.15, 0.2) is 0 Å². The third-order valence-electron chi connectivity index (χ3n) is 3.97. The van der Waals surface area contributed by atoms with Crippen molar-refractivity contribution < 1.29 is 9.47 Å². The van der Waals surface area contributed by atoms with Crippen molar-refractivity contribution in [2.45, 2.75) is 58.1 Å².